The molecule has 0 aliphatic carbocycles. The maximum atomic E-state index is 13.1. The average molecular weight is 411 g/mol. The number of amides is 2. The molecule has 2 amide bonds. The van der Waals surface area contributed by atoms with Gasteiger partial charge in [0.1, 0.15) is 0 Å². The average Bonchev–Trinajstić information content (AvgIpc) is 2.77. The lowest BCUT2D eigenvalue weighted by Crippen LogP contribution is -2.67. The minimum atomic E-state index is -1.15. The molecule has 0 saturated carbocycles. The Morgan fingerprint density at radius 1 is 0.900 bits per heavy atom. The number of benzene rings is 2. The molecule has 6 nitrogen and oxygen atoms in total. The second-order valence-corrected chi connectivity index (χ2v) is 7.35. The molecule has 0 saturated heterocycles. The van der Waals surface area contributed by atoms with Crippen LogP contribution in [0.2, 0.25) is 0 Å². The van der Waals surface area contributed by atoms with Crippen LogP contribution in [0.15, 0.2) is 60.7 Å². The Labute approximate surface area is 179 Å². The summed E-state index contributed by atoms with van der Waals surface area (Å²) in [5, 5.41) is 9.17. The maximum Gasteiger partial charge on any atom is 0.260 e. The van der Waals surface area contributed by atoms with E-state index in [1.54, 1.807) is 0 Å². The fourth-order valence-corrected chi connectivity index (χ4v) is 3.34. The van der Waals surface area contributed by atoms with Crippen LogP contribution >= 0.6 is 0 Å². The molecule has 0 heterocycles. The predicted octanol–water partition coefficient (Wildman–Crippen LogP) is 2.14. The quantitative estimate of drug-likeness (QED) is 0.300. The van der Waals surface area contributed by atoms with E-state index < -0.39 is 5.66 Å². The highest BCUT2D eigenvalue weighted by atomic mass is 16.2. The van der Waals surface area contributed by atoms with Gasteiger partial charge in [0.25, 0.3) is 5.91 Å². The predicted molar refractivity (Wildman–Crippen MR) is 121 cm³/mol. The summed E-state index contributed by atoms with van der Waals surface area (Å²) in [6.45, 7) is 3.25. The van der Waals surface area contributed by atoms with Crippen LogP contribution in [-0.4, -0.2) is 37.1 Å². The van der Waals surface area contributed by atoms with Crippen molar-refractivity contribution in [2.75, 3.05) is 19.6 Å². The van der Waals surface area contributed by atoms with E-state index in [4.69, 9.17) is 5.73 Å². The molecule has 1 atom stereocenters. The van der Waals surface area contributed by atoms with Crippen LogP contribution in [0.3, 0.4) is 0 Å². The van der Waals surface area contributed by atoms with Gasteiger partial charge in [-0.25, -0.2) is 0 Å². The van der Waals surface area contributed by atoms with Crippen molar-refractivity contribution in [3.63, 3.8) is 0 Å². The smallest absolute Gasteiger partial charge is 0.260 e. The zero-order chi connectivity index (χ0) is 21.7. The van der Waals surface area contributed by atoms with E-state index >= 15 is 0 Å². The highest BCUT2D eigenvalue weighted by Gasteiger charge is 2.37. The summed E-state index contributed by atoms with van der Waals surface area (Å²) in [6, 6.07) is 20.2. The molecular weight excluding hydrogens is 376 g/mol. The first-order chi connectivity index (χ1) is 14.6. The summed E-state index contributed by atoms with van der Waals surface area (Å²) in [7, 11) is 0. The highest BCUT2D eigenvalue weighted by Crippen LogP contribution is 2.09. The lowest BCUT2D eigenvalue weighted by molar-refractivity contribution is -0.135. The van der Waals surface area contributed by atoms with Crippen molar-refractivity contribution in [3.05, 3.63) is 71.8 Å². The van der Waals surface area contributed by atoms with E-state index in [0.717, 1.165) is 19.3 Å². The molecule has 2 aromatic rings. The van der Waals surface area contributed by atoms with Crippen LogP contribution in [-0.2, 0) is 22.4 Å². The summed E-state index contributed by atoms with van der Waals surface area (Å²) >= 11 is 0. The summed E-state index contributed by atoms with van der Waals surface area (Å²) in [5.41, 5.74) is 6.78. The van der Waals surface area contributed by atoms with E-state index in [0.29, 0.717) is 19.5 Å². The van der Waals surface area contributed by atoms with Crippen LogP contribution in [0.1, 0.15) is 37.3 Å². The molecule has 162 valence electrons. The molecule has 2 aromatic carbocycles. The van der Waals surface area contributed by atoms with Gasteiger partial charge in [-0.3, -0.25) is 14.9 Å². The molecule has 0 aromatic heterocycles. The van der Waals surface area contributed by atoms with Crippen molar-refractivity contribution in [1.29, 1.82) is 0 Å². The number of carbonyl (C=O) groups excluding carboxylic acids is 2. The summed E-state index contributed by atoms with van der Waals surface area (Å²) < 4.78 is 0. The van der Waals surface area contributed by atoms with Crippen LogP contribution in [0.5, 0.6) is 0 Å². The van der Waals surface area contributed by atoms with Gasteiger partial charge in [-0.15, -0.1) is 0 Å². The van der Waals surface area contributed by atoms with Crippen molar-refractivity contribution in [1.82, 2.24) is 16.0 Å². The Bertz CT molecular complexity index is 767. The van der Waals surface area contributed by atoms with Gasteiger partial charge in [0.15, 0.2) is 5.66 Å². The minimum Gasteiger partial charge on any atom is -0.353 e. The SMILES string of the molecule is CCC(NCCc1ccccc1)(NC(=O)CCN)C(=O)NCCCc1ccccc1. The van der Waals surface area contributed by atoms with Crippen molar-refractivity contribution in [2.24, 2.45) is 5.73 Å². The second kappa shape index (κ2) is 12.8. The molecule has 0 aliphatic rings. The number of aryl methyl sites for hydroxylation is 1. The van der Waals surface area contributed by atoms with Crippen LogP contribution < -0.4 is 21.7 Å². The molecule has 2 rings (SSSR count). The normalized spacial score (nSPS) is 12.7. The van der Waals surface area contributed by atoms with Crippen LogP contribution in [0.25, 0.3) is 0 Å². The number of hydrogen-bond donors (Lipinski definition) is 4. The van der Waals surface area contributed by atoms with Gasteiger partial charge in [-0.1, -0.05) is 67.6 Å². The highest BCUT2D eigenvalue weighted by molar-refractivity contribution is 5.91. The topological polar surface area (TPSA) is 96.2 Å². The molecule has 30 heavy (non-hydrogen) atoms. The Kier molecular flexibility index (Phi) is 10.0. The van der Waals surface area contributed by atoms with E-state index in [9.17, 15) is 9.59 Å². The number of rotatable bonds is 13. The number of nitrogens with two attached hydrogens (primary N) is 1. The fourth-order valence-electron chi connectivity index (χ4n) is 3.34. The first-order valence-electron chi connectivity index (χ1n) is 10.7. The van der Waals surface area contributed by atoms with Crippen molar-refractivity contribution >= 4 is 11.8 Å². The van der Waals surface area contributed by atoms with Crippen molar-refractivity contribution in [2.45, 2.75) is 44.7 Å². The van der Waals surface area contributed by atoms with E-state index in [-0.39, 0.29) is 24.8 Å². The molecule has 0 aliphatic heterocycles. The van der Waals surface area contributed by atoms with Gasteiger partial charge >= 0.3 is 0 Å². The number of hydrogen-bond acceptors (Lipinski definition) is 4. The molecule has 1 unspecified atom stereocenters. The monoisotopic (exact) mass is 410 g/mol. The lowest BCUT2D eigenvalue weighted by atomic mass is 10.0. The van der Waals surface area contributed by atoms with Gasteiger partial charge in [0, 0.05) is 26.1 Å². The molecule has 0 radical (unpaired) electrons. The Morgan fingerprint density at radius 3 is 2.07 bits per heavy atom. The minimum absolute atomic E-state index is 0.184. The maximum absolute atomic E-state index is 13.1. The lowest BCUT2D eigenvalue weighted by Gasteiger charge is -2.33. The van der Waals surface area contributed by atoms with Gasteiger partial charge in [-0.05, 0) is 36.8 Å². The number of nitrogens with one attached hydrogen (secondary N) is 3. The zero-order valence-electron chi connectivity index (χ0n) is 17.8. The van der Waals surface area contributed by atoms with E-state index in [1.165, 1.54) is 11.1 Å². The van der Waals surface area contributed by atoms with Gasteiger partial charge in [-0.2, -0.15) is 0 Å². The van der Waals surface area contributed by atoms with Gasteiger partial charge < -0.3 is 16.4 Å². The molecule has 0 fully saturated rings. The standard InChI is InChI=1S/C24H34N4O2/c1-2-24(28-22(29)15-17-25,27-19-16-21-12-7-4-8-13-21)23(30)26-18-9-14-20-10-5-3-6-11-20/h3-8,10-13,27H,2,9,14-19,25H2,1H3,(H,26,30)(H,28,29). The van der Waals surface area contributed by atoms with Gasteiger partial charge in [0.05, 0.1) is 0 Å². The summed E-state index contributed by atoms with van der Waals surface area (Å²) in [5.74, 6) is -0.442. The molecule has 6 heteroatoms. The summed E-state index contributed by atoms with van der Waals surface area (Å²) in [6.07, 6.45) is 3.10. The molecule has 0 spiro atoms. The van der Waals surface area contributed by atoms with Crippen molar-refractivity contribution < 1.29 is 9.59 Å². The Morgan fingerprint density at radius 2 is 1.50 bits per heavy atom. The second-order valence-electron chi connectivity index (χ2n) is 7.35. The number of carbonyl (C=O) groups is 2. The zero-order valence-corrected chi connectivity index (χ0v) is 17.8. The van der Waals surface area contributed by atoms with Gasteiger partial charge in [0.2, 0.25) is 5.91 Å². The molecule has 5 N–H and O–H groups in total. The molecular formula is C24H34N4O2. The van der Waals surface area contributed by atoms with E-state index in [1.807, 2.05) is 55.5 Å². The third-order valence-corrected chi connectivity index (χ3v) is 5.10. The largest absolute Gasteiger partial charge is 0.353 e. The third-order valence-electron chi connectivity index (χ3n) is 5.10. The third kappa shape index (κ3) is 7.61. The summed E-state index contributed by atoms with van der Waals surface area (Å²) in [4.78, 5) is 25.3. The van der Waals surface area contributed by atoms with Crippen LogP contribution in [0, 0.1) is 0 Å². The Balaban J connectivity index is 1.95. The Hall–Kier alpha value is -2.70. The van der Waals surface area contributed by atoms with Crippen molar-refractivity contribution in [3.8, 4) is 0 Å². The fraction of sp³-hybridized carbons (Fsp3) is 0.417. The first-order valence-corrected chi connectivity index (χ1v) is 10.7. The molecule has 0 bridgehead atoms. The first kappa shape index (κ1) is 23.6. The van der Waals surface area contributed by atoms with E-state index in [2.05, 4.69) is 28.1 Å². The van der Waals surface area contributed by atoms with Crippen LogP contribution in [0.4, 0.5) is 0 Å².